The number of hydrogen-bond donors (Lipinski definition) is 0. The van der Waals surface area contributed by atoms with E-state index in [4.69, 9.17) is 0 Å². The van der Waals surface area contributed by atoms with Gasteiger partial charge in [0.15, 0.2) is 5.69 Å². The zero-order valence-electron chi connectivity index (χ0n) is 8.55. The van der Waals surface area contributed by atoms with Crippen molar-refractivity contribution in [1.82, 2.24) is 4.98 Å². The lowest BCUT2D eigenvalue weighted by atomic mass is 9.92. The summed E-state index contributed by atoms with van der Waals surface area (Å²) in [4.78, 5) is 4.51. The van der Waals surface area contributed by atoms with Crippen LogP contribution in [0.1, 0.15) is 32.3 Å². The van der Waals surface area contributed by atoms with E-state index in [1.165, 1.54) is 0 Å². The Bertz CT molecular complexity index is 284. The van der Waals surface area contributed by atoms with Gasteiger partial charge in [-0.3, -0.25) is 0 Å². The second-order valence-corrected chi connectivity index (χ2v) is 4.22. The lowest BCUT2D eigenvalue weighted by Crippen LogP contribution is -2.34. The van der Waals surface area contributed by atoms with Crippen molar-refractivity contribution in [2.75, 3.05) is 0 Å². The van der Waals surface area contributed by atoms with Gasteiger partial charge >= 0.3 is 0 Å². The molecule has 0 unspecified atom stereocenters. The van der Waals surface area contributed by atoms with E-state index in [0.29, 0.717) is 0 Å². The van der Waals surface area contributed by atoms with Gasteiger partial charge < -0.3 is 0 Å². The van der Waals surface area contributed by atoms with E-state index in [9.17, 15) is 0 Å². The van der Waals surface area contributed by atoms with E-state index in [2.05, 4.69) is 38.0 Å². The summed E-state index contributed by atoms with van der Waals surface area (Å²) < 4.78 is 2.02. The number of hydrogen-bond acceptors (Lipinski definition) is 1. The van der Waals surface area contributed by atoms with E-state index in [1.54, 1.807) is 0 Å². The third kappa shape index (κ3) is 1.81. The smallest absolute Gasteiger partial charge is 0.238 e. The van der Waals surface area contributed by atoms with Crippen LogP contribution >= 0.6 is 0 Å². The van der Waals surface area contributed by atoms with Crippen LogP contribution in [-0.2, 0) is 12.5 Å². The fraction of sp³-hybridized carbons (Fsp3) is 0.600. The van der Waals surface area contributed by atoms with Gasteiger partial charge in [0.25, 0.3) is 5.82 Å². The quantitative estimate of drug-likeness (QED) is 0.532. The molecule has 0 amide bonds. The SMILES string of the molecule is Cc1nc(C(C)(C)C)cc[n+]1C. The molecule has 0 aliphatic carbocycles. The Morgan fingerprint density at radius 3 is 2.33 bits per heavy atom. The van der Waals surface area contributed by atoms with Crippen LogP contribution in [0, 0.1) is 6.92 Å². The number of aryl methyl sites for hydroxylation is 2. The molecule has 0 atom stereocenters. The molecule has 0 bridgehead atoms. The molecule has 12 heavy (non-hydrogen) atoms. The van der Waals surface area contributed by atoms with Gasteiger partial charge in [0, 0.05) is 18.4 Å². The topological polar surface area (TPSA) is 16.8 Å². The first-order chi connectivity index (χ1) is 5.41. The Balaban J connectivity index is 3.14. The molecule has 0 spiro atoms. The summed E-state index contributed by atoms with van der Waals surface area (Å²) in [5.74, 6) is 1.06. The maximum atomic E-state index is 4.51. The molecule has 0 radical (unpaired) electrons. The molecular formula is C10H17N2+. The molecule has 2 nitrogen and oxygen atoms in total. The van der Waals surface area contributed by atoms with Gasteiger partial charge in [-0.25, -0.2) is 4.57 Å². The van der Waals surface area contributed by atoms with Crippen LogP contribution in [0.5, 0.6) is 0 Å². The van der Waals surface area contributed by atoms with Crippen LogP contribution in [0.4, 0.5) is 0 Å². The van der Waals surface area contributed by atoms with Crippen molar-refractivity contribution in [2.24, 2.45) is 7.05 Å². The zero-order chi connectivity index (χ0) is 9.35. The Labute approximate surface area is 74.3 Å². The molecular weight excluding hydrogens is 148 g/mol. The maximum Gasteiger partial charge on any atom is 0.295 e. The van der Waals surface area contributed by atoms with E-state index < -0.39 is 0 Å². The molecule has 2 heteroatoms. The second-order valence-electron chi connectivity index (χ2n) is 4.22. The van der Waals surface area contributed by atoms with Gasteiger partial charge in [0.1, 0.15) is 0 Å². The zero-order valence-corrected chi connectivity index (χ0v) is 8.55. The molecule has 0 fully saturated rings. The number of aromatic nitrogens is 2. The predicted molar refractivity (Wildman–Crippen MR) is 48.9 cm³/mol. The minimum absolute atomic E-state index is 0.152. The third-order valence-corrected chi connectivity index (χ3v) is 2.02. The first-order valence-electron chi connectivity index (χ1n) is 4.25. The molecule has 0 aromatic carbocycles. The van der Waals surface area contributed by atoms with Crippen molar-refractivity contribution >= 4 is 0 Å². The van der Waals surface area contributed by atoms with Crippen molar-refractivity contribution in [2.45, 2.75) is 33.1 Å². The maximum absolute atomic E-state index is 4.51. The minimum Gasteiger partial charge on any atom is -0.238 e. The summed E-state index contributed by atoms with van der Waals surface area (Å²) in [7, 11) is 2.01. The highest BCUT2D eigenvalue weighted by atomic mass is 15.0. The fourth-order valence-corrected chi connectivity index (χ4v) is 0.998. The first-order valence-corrected chi connectivity index (χ1v) is 4.25. The molecule has 1 aromatic heterocycles. The monoisotopic (exact) mass is 165 g/mol. The normalized spacial score (nSPS) is 11.8. The van der Waals surface area contributed by atoms with Crippen LogP contribution in [0.15, 0.2) is 12.3 Å². The van der Waals surface area contributed by atoms with Crippen LogP contribution < -0.4 is 4.57 Å². The standard InChI is InChI=1S/C10H17N2/c1-8-11-9(10(2,3)4)6-7-12(8)5/h6-7H,1-5H3/q+1. The first kappa shape index (κ1) is 9.17. The third-order valence-electron chi connectivity index (χ3n) is 2.02. The molecule has 1 aromatic rings. The van der Waals surface area contributed by atoms with Gasteiger partial charge in [-0.2, -0.15) is 0 Å². The largest absolute Gasteiger partial charge is 0.295 e. The van der Waals surface area contributed by atoms with Gasteiger partial charge in [-0.15, -0.1) is 0 Å². The lowest BCUT2D eigenvalue weighted by Gasteiger charge is -2.12. The Morgan fingerprint density at radius 1 is 1.33 bits per heavy atom. The highest BCUT2D eigenvalue weighted by Gasteiger charge is 2.21. The molecule has 0 saturated carbocycles. The molecule has 0 saturated heterocycles. The van der Waals surface area contributed by atoms with Gasteiger partial charge in [-0.1, -0.05) is 25.8 Å². The minimum atomic E-state index is 0.152. The Kier molecular flexibility index (Phi) is 2.18. The van der Waals surface area contributed by atoms with Gasteiger partial charge in [0.05, 0.1) is 13.2 Å². The van der Waals surface area contributed by atoms with Crippen LogP contribution in [0.25, 0.3) is 0 Å². The van der Waals surface area contributed by atoms with Crippen molar-refractivity contribution in [1.29, 1.82) is 0 Å². The molecule has 0 aliphatic heterocycles. The number of rotatable bonds is 0. The molecule has 1 rings (SSSR count). The summed E-state index contributed by atoms with van der Waals surface area (Å²) in [5, 5.41) is 0. The van der Waals surface area contributed by atoms with E-state index in [1.807, 2.05) is 18.5 Å². The van der Waals surface area contributed by atoms with Crippen molar-refractivity contribution in [3.8, 4) is 0 Å². The molecule has 66 valence electrons. The average molecular weight is 165 g/mol. The number of nitrogens with zero attached hydrogens (tertiary/aromatic N) is 2. The molecule has 1 heterocycles. The van der Waals surface area contributed by atoms with Crippen molar-refractivity contribution in [3.63, 3.8) is 0 Å². The Morgan fingerprint density at radius 2 is 1.92 bits per heavy atom. The fourth-order valence-electron chi connectivity index (χ4n) is 0.998. The predicted octanol–water partition coefficient (Wildman–Crippen LogP) is 1.51. The van der Waals surface area contributed by atoms with Gasteiger partial charge in [0.2, 0.25) is 0 Å². The molecule has 0 aliphatic rings. The van der Waals surface area contributed by atoms with E-state index in [-0.39, 0.29) is 5.41 Å². The van der Waals surface area contributed by atoms with E-state index in [0.717, 1.165) is 11.5 Å². The average Bonchev–Trinajstić information content (AvgIpc) is 1.92. The van der Waals surface area contributed by atoms with E-state index >= 15 is 0 Å². The van der Waals surface area contributed by atoms with Crippen molar-refractivity contribution < 1.29 is 4.57 Å². The lowest BCUT2D eigenvalue weighted by molar-refractivity contribution is -0.681. The highest BCUT2D eigenvalue weighted by Crippen LogP contribution is 2.18. The van der Waals surface area contributed by atoms with Gasteiger partial charge in [-0.05, 0) is 0 Å². The Hall–Kier alpha value is -0.920. The highest BCUT2D eigenvalue weighted by molar-refractivity contribution is 5.09. The summed E-state index contributed by atoms with van der Waals surface area (Å²) in [6, 6.07) is 2.08. The van der Waals surface area contributed by atoms with Crippen LogP contribution in [0.2, 0.25) is 0 Å². The summed E-state index contributed by atoms with van der Waals surface area (Å²) in [6.45, 7) is 8.55. The summed E-state index contributed by atoms with van der Waals surface area (Å²) >= 11 is 0. The van der Waals surface area contributed by atoms with Crippen molar-refractivity contribution in [3.05, 3.63) is 23.8 Å². The summed E-state index contributed by atoms with van der Waals surface area (Å²) in [6.07, 6.45) is 2.06. The molecule has 0 N–H and O–H groups in total. The van der Waals surface area contributed by atoms with Crippen LogP contribution in [-0.4, -0.2) is 4.98 Å². The van der Waals surface area contributed by atoms with Crippen LogP contribution in [0.3, 0.4) is 0 Å². The second kappa shape index (κ2) is 2.85. The summed E-state index contributed by atoms with van der Waals surface area (Å²) in [5.41, 5.74) is 1.30.